The third kappa shape index (κ3) is 4.11. The molecule has 6 rings (SSSR count). The fourth-order valence-corrected chi connectivity index (χ4v) is 5.23. The highest BCUT2D eigenvalue weighted by Gasteiger charge is 2.32. The van der Waals surface area contributed by atoms with Crippen LogP contribution in [0.15, 0.2) is 41.3 Å². The van der Waals surface area contributed by atoms with Crippen molar-refractivity contribution in [2.45, 2.75) is 70.9 Å². The molecule has 1 saturated carbocycles. The second-order valence-electron chi connectivity index (χ2n) is 11.7. The van der Waals surface area contributed by atoms with Crippen molar-refractivity contribution in [2.24, 2.45) is 0 Å². The molecule has 1 aromatic carbocycles. The van der Waals surface area contributed by atoms with Crippen LogP contribution in [0.1, 0.15) is 70.3 Å². The number of halogens is 1. The summed E-state index contributed by atoms with van der Waals surface area (Å²) >= 11 is 0. The summed E-state index contributed by atoms with van der Waals surface area (Å²) in [4.78, 5) is 27.3. The van der Waals surface area contributed by atoms with Gasteiger partial charge in [-0.3, -0.25) is 4.79 Å². The average molecular weight is 502 g/mol. The molecule has 0 spiro atoms. The number of nitrogens with one attached hydrogen (secondary N) is 2. The molecule has 3 aromatic heterocycles. The van der Waals surface area contributed by atoms with Gasteiger partial charge in [-0.1, -0.05) is 26.8 Å². The average Bonchev–Trinajstić information content (AvgIpc) is 3.62. The topological polar surface area (TPSA) is 89.7 Å². The Morgan fingerprint density at radius 3 is 2.65 bits per heavy atom. The maximum absolute atomic E-state index is 14.7. The molecule has 192 valence electrons. The van der Waals surface area contributed by atoms with Crippen molar-refractivity contribution in [2.75, 3.05) is 11.9 Å². The molecule has 37 heavy (non-hydrogen) atoms. The lowest BCUT2D eigenvalue weighted by molar-refractivity contribution is 0.382. The molecule has 0 unspecified atom stereocenters. The van der Waals surface area contributed by atoms with Crippen LogP contribution in [0, 0.1) is 5.82 Å². The number of nitrogens with zero attached hydrogens (tertiary/aromatic N) is 5. The summed E-state index contributed by atoms with van der Waals surface area (Å²) in [6.45, 7) is 11.1. The Morgan fingerprint density at radius 2 is 1.92 bits per heavy atom. The van der Waals surface area contributed by atoms with E-state index in [1.165, 1.54) is 17.2 Å². The van der Waals surface area contributed by atoms with Gasteiger partial charge in [-0.25, -0.2) is 23.7 Å². The first-order valence-electron chi connectivity index (χ1n) is 12.9. The number of anilines is 2. The van der Waals surface area contributed by atoms with Crippen molar-refractivity contribution in [3.8, 4) is 5.82 Å². The summed E-state index contributed by atoms with van der Waals surface area (Å²) in [6.07, 6.45) is 4.33. The molecule has 0 radical (unpaired) electrons. The summed E-state index contributed by atoms with van der Waals surface area (Å²) in [6, 6.07) is 9.40. The van der Waals surface area contributed by atoms with E-state index in [1.54, 1.807) is 21.6 Å². The maximum Gasteiger partial charge on any atom is 0.278 e. The summed E-state index contributed by atoms with van der Waals surface area (Å²) in [7, 11) is 0. The normalized spacial score (nSPS) is 17.1. The lowest BCUT2D eigenvalue weighted by Crippen LogP contribution is -2.42. The Bertz CT molecular complexity index is 1590. The first-order valence-corrected chi connectivity index (χ1v) is 12.9. The molecule has 2 N–H and O–H groups in total. The summed E-state index contributed by atoms with van der Waals surface area (Å²) in [5.74, 6) is 0.495. The van der Waals surface area contributed by atoms with Crippen LogP contribution in [0.5, 0.6) is 0 Å². The molecule has 9 heteroatoms. The minimum atomic E-state index is -0.494. The maximum atomic E-state index is 14.7. The number of aromatic nitrogens is 5. The lowest BCUT2D eigenvalue weighted by atomic mass is 9.85. The zero-order chi connectivity index (χ0) is 26.1. The van der Waals surface area contributed by atoms with Crippen molar-refractivity contribution in [3.05, 3.63) is 69.5 Å². The highest BCUT2D eigenvalue weighted by molar-refractivity contribution is 5.77. The molecule has 0 saturated heterocycles. The van der Waals surface area contributed by atoms with Gasteiger partial charge in [0.05, 0.1) is 11.7 Å². The number of pyridine rings is 1. The van der Waals surface area contributed by atoms with Crippen LogP contribution in [0.2, 0.25) is 0 Å². The van der Waals surface area contributed by atoms with Crippen molar-refractivity contribution in [3.63, 3.8) is 0 Å². The van der Waals surface area contributed by atoms with Crippen LogP contribution < -0.4 is 16.2 Å². The zero-order valence-corrected chi connectivity index (χ0v) is 21.9. The second-order valence-corrected chi connectivity index (χ2v) is 11.7. The number of benzene rings is 1. The van der Waals surface area contributed by atoms with Gasteiger partial charge in [0.1, 0.15) is 11.2 Å². The summed E-state index contributed by atoms with van der Waals surface area (Å²) in [5, 5.41) is 7.29. The Labute approximate surface area is 214 Å². The van der Waals surface area contributed by atoms with E-state index in [9.17, 15) is 9.18 Å². The molecule has 0 bridgehead atoms. The van der Waals surface area contributed by atoms with Crippen molar-refractivity contribution in [1.29, 1.82) is 0 Å². The SMILES string of the molecule is CC(C)(C)c1nc(-n2c3nc(Nc4ccc5c(c4)CCNC5(C)C)ncc3c(=O)n2C2CC2)ccc1F. The van der Waals surface area contributed by atoms with Gasteiger partial charge in [-0.15, -0.1) is 0 Å². The van der Waals surface area contributed by atoms with Crippen molar-refractivity contribution < 1.29 is 4.39 Å². The minimum absolute atomic E-state index is 0.0701. The van der Waals surface area contributed by atoms with Crippen LogP contribution in [-0.4, -0.2) is 30.9 Å². The zero-order valence-electron chi connectivity index (χ0n) is 21.9. The highest BCUT2D eigenvalue weighted by atomic mass is 19.1. The Hall–Kier alpha value is -3.59. The minimum Gasteiger partial charge on any atom is -0.324 e. The second kappa shape index (κ2) is 8.21. The summed E-state index contributed by atoms with van der Waals surface area (Å²) < 4.78 is 18.1. The molecule has 8 nitrogen and oxygen atoms in total. The fraction of sp³-hybridized carbons (Fsp3) is 0.429. The summed E-state index contributed by atoms with van der Waals surface area (Å²) in [5.41, 5.74) is 3.54. The Kier molecular flexibility index (Phi) is 5.28. The van der Waals surface area contributed by atoms with Gasteiger partial charge in [-0.05, 0) is 75.0 Å². The molecular formula is C28H32FN7O. The van der Waals surface area contributed by atoms with Gasteiger partial charge >= 0.3 is 0 Å². The molecular weight excluding hydrogens is 469 g/mol. The molecule has 4 heterocycles. The molecule has 4 aromatic rings. The highest BCUT2D eigenvalue weighted by Crippen LogP contribution is 2.36. The first kappa shape index (κ1) is 23.8. The van der Waals surface area contributed by atoms with Gasteiger partial charge in [0.25, 0.3) is 5.56 Å². The van der Waals surface area contributed by atoms with Crippen LogP contribution in [0.3, 0.4) is 0 Å². The third-order valence-electron chi connectivity index (χ3n) is 7.27. The first-order chi connectivity index (χ1) is 17.5. The molecule has 1 aliphatic carbocycles. The van der Waals surface area contributed by atoms with E-state index < -0.39 is 5.41 Å². The number of fused-ring (bicyclic) bond motifs is 2. The largest absolute Gasteiger partial charge is 0.324 e. The Balaban J connectivity index is 1.46. The fourth-order valence-electron chi connectivity index (χ4n) is 5.23. The van der Waals surface area contributed by atoms with E-state index in [1.807, 2.05) is 26.8 Å². The van der Waals surface area contributed by atoms with E-state index in [-0.39, 0.29) is 23.0 Å². The standard InChI is InChI=1S/C28H32FN7O/c1-27(2,3)23-21(29)10-11-22(33-23)36-24-19(25(37)35(36)18-7-8-18)15-30-26(34-24)32-17-6-9-20-16(14-17)12-13-31-28(20,4)5/h6,9-11,14-15,18,31H,7-8,12-13H2,1-5H3,(H,30,32,34). The number of rotatable bonds is 4. The van der Waals surface area contributed by atoms with Crippen LogP contribution in [-0.2, 0) is 17.4 Å². The van der Waals surface area contributed by atoms with Gasteiger partial charge in [0.15, 0.2) is 11.5 Å². The third-order valence-corrected chi connectivity index (χ3v) is 7.27. The van der Waals surface area contributed by atoms with Crippen LogP contribution in [0.4, 0.5) is 16.0 Å². The van der Waals surface area contributed by atoms with E-state index in [0.29, 0.717) is 28.5 Å². The molecule has 2 aliphatic rings. The lowest BCUT2D eigenvalue weighted by Gasteiger charge is -2.34. The van der Waals surface area contributed by atoms with Crippen LogP contribution >= 0.6 is 0 Å². The van der Waals surface area contributed by atoms with E-state index in [0.717, 1.165) is 31.5 Å². The predicted molar refractivity (Wildman–Crippen MR) is 142 cm³/mol. The van der Waals surface area contributed by atoms with Gasteiger partial charge in [0.2, 0.25) is 5.95 Å². The molecule has 1 aliphatic heterocycles. The van der Waals surface area contributed by atoms with Gasteiger partial charge in [-0.2, -0.15) is 4.98 Å². The van der Waals surface area contributed by atoms with Crippen molar-refractivity contribution >= 4 is 22.7 Å². The van der Waals surface area contributed by atoms with Crippen molar-refractivity contribution in [1.82, 2.24) is 29.6 Å². The van der Waals surface area contributed by atoms with E-state index in [4.69, 9.17) is 4.98 Å². The number of hydrogen-bond acceptors (Lipinski definition) is 6. The van der Waals surface area contributed by atoms with E-state index >= 15 is 0 Å². The van der Waals surface area contributed by atoms with Crippen LogP contribution in [0.25, 0.3) is 16.9 Å². The molecule has 1 fully saturated rings. The van der Waals surface area contributed by atoms with E-state index in [2.05, 4.69) is 46.6 Å². The monoisotopic (exact) mass is 501 g/mol. The van der Waals surface area contributed by atoms with Gasteiger partial charge in [0, 0.05) is 22.8 Å². The Morgan fingerprint density at radius 1 is 1.14 bits per heavy atom. The quantitative estimate of drug-likeness (QED) is 0.415. The molecule has 0 atom stereocenters. The smallest absolute Gasteiger partial charge is 0.278 e. The van der Waals surface area contributed by atoms with Gasteiger partial charge < -0.3 is 10.6 Å². The number of hydrogen-bond donors (Lipinski definition) is 2. The molecule has 0 amide bonds. The predicted octanol–water partition coefficient (Wildman–Crippen LogP) is 4.87.